The van der Waals surface area contributed by atoms with Gasteiger partial charge >= 0.3 is 11.8 Å². The van der Waals surface area contributed by atoms with Crippen LogP contribution in [-0.2, 0) is 9.59 Å². The fourth-order valence-corrected chi connectivity index (χ4v) is 2.10. The van der Waals surface area contributed by atoms with Gasteiger partial charge in [0, 0.05) is 15.7 Å². The Kier molecular flexibility index (Phi) is 5.73. The van der Waals surface area contributed by atoms with Crippen molar-refractivity contribution in [2.24, 2.45) is 5.10 Å². The molecular formula is C16H13Cl2N3O2. The zero-order chi connectivity index (χ0) is 16.8. The fourth-order valence-electron chi connectivity index (χ4n) is 1.73. The summed E-state index contributed by atoms with van der Waals surface area (Å²) in [4.78, 5) is 23.5. The van der Waals surface area contributed by atoms with E-state index in [4.69, 9.17) is 23.2 Å². The topological polar surface area (TPSA) is 70.6 Å². The first kappa shape index (κ1) is 17.0. The second kappa shape index (κ2) is 7.76. The number of anilines is 1. The average molecular weight is 350 g/mol. The summed E-state index contributed by atoms with van der Waals surface area (Å²) in [6.45, 7) is 1.74. The number of carbonyl (C=O) groups excluding carboxylic acids is 2. The van der Waals surface area contributed by atoms with Gasteiger partial charge in [-0.25, -0.2) is 5.43 Å². The summed E-state index contributed by atoms with van der Waals surface area (Å²) in [6.07, 6.45) is 1.39. The first-order valence-corrected chi connectivity index (χ1v) is 7.38. The van der Waals surface area contributed by atoms with E-state index < -0.39 is 11.8 Å². The monoisotopic (exact) mass is 349 g/mol. The molecule has 0 saturated carbocycles. The van der Waals surface area contributed by atoms with Crippen LogP contribution in [0.2, 0.25) is 10.0 Å². The Morgan fingerprint density at radius 2 is 1.83 bits per heavy atom. The SMILES string of the molecule is Cc1c(Cl)cccc1NC(=O)C(=O)NN=Cc1cccc(Cl)c1. The molecule has 2 aromatic carbocycles. The van der Waals surface area contributed by atoms with Crippen molar-refractivity contribution in [2.45, 2.75) is 6.92 Å². The lowest BCUT2D eigenvalue weighted by molar-refractivity contribution is -0.136. The van der Waals surface area contributed by atoms with Crippen LogP contribution < -0.4 is 10.7 Å². The predicted octanol–water partition coefficient (Wildman–Crippen LogP) is 3.39. The summed E-state index contributed by atoms with van der Waals surface area (Å²) in [7, 11) is 0. The van der Waals surface area contributed by atoms with Gasteiger partial charge in [-0.1, -0.05) is 41.4 Å². The third kappa shape index (κ3) is 4.81. The van der Waals surface area contributed by atoms with E-state index in [1.165, 1.54) is 6.21 Å². The van der Waals surface area contributed by atoms with E-state index in [2.05, 4.69) is 15.8 Å². The van der Waals surface area contributed by atoms with Crippen LogP contribution in [0.5, 0.6) is 0 Å². The van der Waals surface area contributed by atoms with Gasteiger partial charge in [0.2, 0.25) is 0 Å². The highest BCUT2D eigenvalue weighted by atomic mass is 35.5. The normalized spacial score (nSPS) is 10.6. The molecule has 2 aromatic rings. The minimum Gasteiger partial charge on any atom is -0.317 e. The second-order valence-corrected chi connectivity index (χ2v) is 5.46. The number of halogens is 2. The molecule has 2 amide bonds. The molecule has 0 spiro atoms. The van der Waals surface area contributed by atoms with Crippen molar-refractivity contribution >= 4 is 46.9 Å². The molecule has 0 unspecified atom stereocenters. The summed E-state index contributed by atoms with van der Waals surface area (Å²) in [5.41, 5.74) is 3.99. The number of hydrogen-bond acceptors (Lipinski definition) is 3. The van der Waals surface area contributed by atoms with Gasteiger partial charge in [-0.3, -0.25) is 9.59 Å². The first-order chi connectivity index (χ1) is 11.0. The maximum Gasteiger partial charge on any atom is 0.329 e. The summed E-state index contributed by atoms with van der Waals surface area (Å²) in [6, 6.07) is 11.9. The number of carbonyl (C=O) groups is 2. The highest BCUT2D eigenvalue weighted by Crippen LogP contribution is 2.22. The molecule has 5 nitrogen and oxygen atoms in total. The van der Waals surface area contributed by atoms with Gasteiger partial charge in [-0.2, -0.15) is 5.10 Å². The Hall–Kier alpha value is -2.37. The smallest absolute Gasteiger partial charge is 0.317 e. The molecule has 0 aliphatic carbocycles. The van der Waals surface area contributed by atoms with E-state index in [9.17, 15) is 9.59 Å². The zero-order valence-corrected chi connectivity index (χ0v) is 13.7. The molecule has 23 heavy (non-hydrogen) atoms. The van der Waals surface area contributed by atoms with Crippen LogP contribution in [-0.4, -0.2) is 18.0 Å². The fraction of sp³-hybridized carbons (Fsp3) is 0.0625. The molecule has 0 heterocycles. The Bertz CT molecular complexity index is 776. The molecule has 0 atom stereocenters. The number of amides is 2. The number of hydrogen-bond donors (Lipinski definition) is 2. The van der Waals surface area contributed by atoms with Crippen molar-refractivity contribution in [1.29, 1.82) is 0 Å². The van der Waals surface area contributed by atoms with Crippen LogP contribution in [0.15, 0.2) is 47.6 Å². The predicted molar refractivity (Wildman–Crippen MR) is 92.0 cm³/mol. The van der Waals surface area contributed by atoms with Crippen molar-refractivity contribution in [2.75, 3.05) is 5.32 Å². The molecule has 118 valence electrons. The molecule has 0 aliphatic rings. The third-order valence-electron chi connectivity index (χ3n) is 2.95. The van der Waals surface area contributed by atoms with Crippen molar-refractivity contribution in [3.63, 3.8) is 0 Å². The molecule has 0 aromatic heterocycles. The van der Waals surface area contributed by atoms with Gasteiger partial charge in [0.1, 0.15) is 0 Å². The van der Waals surface area contributed by atoms with Crippen LogP contribution in [0, 0.1) is 6.92 Å². The van der Waals surface area contributed by atoms with Crippen molar-refractivity contribution in [3.8, 4) is 0 Å². The summed E-state index contributed by atoms with van der Waals surface area (Å²) in [5, 5.41) is 7.25. The number of nitrogens with zero attached hydrogens (tertiary/aromatic N) is 1. The Morgan fingerprint density at radius 1 is 1.09 bits per heavy atom. The molecule has 0 radical (unpaired) electrons. The molecule has 0 aliphatic heterocycles. The van der Waals surface area contributed by atoms with Gasteiger partial charge in [0.05, 0.1) is 6.21 Å². The molecule has 0 bridgehead atoms. The van der Waals surface area contributed by atoms with Crippen LogP contribution in [0.1, 0.15) is 11.1 Å². The Morgan fingerprint density at radius 3 is 2.57 bits per heavy atom. The maximum atomic E-state index is 11.8. The molecule has 2 N–H and O–H groups in total. The lowest BCUT2D eigenvalue weighted by atomic mass is 10.2. The van der Waals surface area contributed by atoms with E-state index in [0.717, 1.165) is 0 Å². The van der Waals surface area contributed by atoms with Gasteiger partial charge in [-0.05, 0) is 42.3 Å². The second-order valence-electron chi connectivity index (χ2n) is 4.62. The highest BCUT2D eigenvalue weighted by Gasteiger charge is 2.14. The summed E-state index contributed by atoms with van der Waals surface area (Å²) >= 11 is 11.8. The van der Waals surface area contributed by atoms with E-state index in [1.54, 1.807) is 49.4 Å². The maximum absolute atomic E-state index is 11.8. The number of benzene rings is 2. The molecule has 2 rings (SSSR count). The minimum atomic E-state index is -0.886. The summed E-state index contributed by atoms with van der Waals surface area (Å²) in [5.74, 6) is -1.72. The quantitative estimate of drug-likeness (QED) is 0.506. The van der Waals surface area contributed by atoms with Crippen LogP contribution in [0.25, 0.3) is 0 Å². The molecule has 7 heteroatoms. The first-order valence-electron chi connectivity index (χ1n) is 6.62. The molecule has 0 fully saturated rings. The van der Waals surface area contributed by atoms with Crippen molar-refractivity contribution in [1.82, 2.24) is 5.43 Å². The highest BCUT2D eigenvalue weighted by molar-refractivity contribution is 6.40. The van der Waals surface area contributed by atoms with Gasteiger partial charge < -0.3 is 5.32 Å². The lowest BCUT2D eigenvalue weighted by Crippen LogP contribution is -2.32. The average Bonchev–Trinajstić information content (AvgIpc) is 2.51. The standard InChI is InChI=1S/C16H13Cl2N3O2/c1-10-13(18)6-3-7-14(10)20-15(22)16(23)21-19-9-11-4-2-5-12(17)8-11/h2-9H,1H3,(H,20,22)(H,21,23). The van der Waals surface area contributed by atoms with Crippen LogP contribution in [0.3, 0.4) is 0 Å². The Labute approximate surface area is 143 Å². The van der Waals surface area contributed by atoms with Crippen LogP contribution in [0.4, 0.5) is 5.69 Å². The van der Waals surface area contributed by atoms with E-state index >= 15 is 0 Å². The van der Waals surface area contributed by atoms with Crippen molar-refractivity contribution in [3.05, 3.63) is 63.6 Å². The zero-order valence-electron chi connectivity index (χ0n) is 12.1. The molecular weight excluding hydrogens is 337 g/mol. The minimum absolute atomic E-state index is 0.469. The lowest BCUT2D eigenvalue weighted by Gasteiger charge is -2.08. The summed E-state index contributed by atoms with van der Waals surface area (Å²) < 4.78 is 0. The Balaban J connectivity index is 1.95. The van der Waals surface area contributed by atoms with Crippen LogP contribution >= 0.6 is 23.2 Å². The molecule has 0 saturated heterocycles. The number of nitrogens with one attached hydrogen (secondary N) is 2. The van der Waals surface area contributed by atoms with Gasteiger partial charge in [-0.15, -0.1) is 0 Å². The number of hydrazone groups is 1. The van der Waals surface area contributed by atoms with E-state index in [0.29, 0.717) is 26.9 Å². The van der Waals surface area contributed by atoms with Crippen molar-refractivity contribution < 1.29 is 9.59 Å². The number of rotatable bonds is 3. The third-order valence-corrected chi connectivity index (χ3v) is 3.60. The van der Waals surface area contributed by atoms with Gasteiger partial charge in [0.15, 0.2) is 0 Å². The van der Waals surface area contributed by atoms with E-state index in [-0.39, 0.29) is 0 Å². The van der Waals surface area contributed by atoms with E-state index in [1.807, 2.05) is 0 Å². The largest absolute Gasteiger partial charge is 0.329 e. The van der Waals surface area contributed by atoms with Gasteiger partial charge in [0.25, 0.3) is 0 Å².